The van der Waals surface area contributed by atoms with E-state index in [9.17, 15) is 0 Å². The molecule has 0 aromatic heterocycles. The monoisotopic (exact) mass is 1650 g/mol. The fourth-order valence-electron chi connectivity index (χ4n) is 7.00. The quantitative estimate of drug-likeness (QED) is 0.142. The second-order valence-corrected chi connectivity index (χ2v) is 19.6. The van der Waals surface area contributed by atoms with E-state index in [4.69, 9.17) is 15.8 Å². The molecule has 0 unspecified atom stereocenters. The molecule has 8 rings (SSSR count). The third-order valence-corrected chi connectivity index (χ3v) is 17.7. The molecule has 8 aromatic carbocycles. The molecule has 1 N–H and O–H groups in total. The van der Waals surface area contributed by atoms with Crippen molar-refractivity contribution < 1.29 is 178 Å². The molecule has 0 saturated carbocycles. The van der Waals surface area contributed by atoms with Crippen LogP contribution in [-0.4, -0.2) is 5.91 Å². The van der Waals surface area contributed by atoms with Crippen LogP contribution in [-0.2, 0) is 66.1 Å². The van der Waals surface area contributed by atoms with Gasteiger partial charge < -0.3 is 122 Å². The van der Waals surface area contributed by atoms with Gasteiger partial charge in [0.2, 0.25) is 0 Å². The molecule has 0 spiro atoms. The number of carbonyl (C=O) groups excluding carboxylic acids is 1. The average Bonchev–Trinajstić information content (AvgIpc) is 3.28. The van der Waals surface area contributed by atoms with Gasteiger partial charge in [0.1, 0.15) is 57.0 Å². The zero-order valence-electron chi connectivity index (χ0n) is 36.9. The van der Waals surface area contributed by atoms with Crippen molar-refractivity contribution in [3.8, 4) is 6.07 Å². The van der Waals surface area contributed by atoms with Crippen LogP contribution in [0.15, 0.2) is 243 Å². The molecule has 0 aliphatic carbocycles. The van der Waals surface area contributed by atoms with Crippen molar-refractivity contribution in [2.45, 2.75) is 13.8 Å². The van der Waals surface area contributed by atoms with E-state index in [1.165, 1.54) is 56.3 Å². The maximum Gasteiger partial charge on any atom is 0.144 e. The molecule has 373 valence electrons. The minimum Gasteiger partial charge on any atom is -1.00 e. The summed E-state index contributed by atoms with van der Waals surface area (Å²) in [4.78, 5) is 9.11. The van der Waals surface area contributed by atoms with Crippen molar-refractivity contribution in [2.24, 2.45) is 0 Å². The van der Waals surface area contributed by atoms with Crippen LogP contribution in [0.4, 0.5) is 0 Å². The number of hydrogen-bond acceptors (Lipinski definition) is 2. The van der Waals surface area contributed by atoms with E-state index in [0.717, 1.165) is 0 Å². The standard InChI is InChI=1S/2C24H20P.C2H5NO.C2H3N.9ClH.3Re/c2*1-5-13-21(14-6-1)25(22-15-7-2-8-16-22,23-17-9-3-10-18-23)24-19-11-4-12-20-24;1-2(3)4;1-2-3;;;;;;;;;;;;/h2*1-20H;1H3,(H2,3,4);1H3;9*1H;;;/q2*+1;;;;;;;;;;;;;;/p-10. The number of benzene rings is 8. The summed E-state index contributed by atoms with van der Waals surface area (Å²) < 4.78 is 0. The maximum absolute atomic E-state index is 9.11. The number of amides is 1. The topological polar surface area (TPSA) is 64.7 Å². The molecule has 3 nitrogen and oxygen atoms in total. The molecular weight excluding hydrogens is 1610 g/mol. The first-order valence-corrected chi connectivity index (χ1v) is 22.3. The van der Waals surface area contributed by atoms with Gasteiger partial charge in [-0.2, -0.15) is 5.26 Å². The van der Waals surface area contributed by atoms with Crippen LogP contribution in [0.25, 0.3) is 5.73 Å². The predicted octanol–water partition coefficient (Wildman–Crippen LogP) is -17.2. The Morgan fingerprint density at radius 1 is 0.319 bits per heavy atom. The molecule has 3 radical (unpaired) electrons. The van der Waals surface area contributed by atoms with Crippen LogP contribution in [0.3, 0.4) is 0 Å². The van der Waals surface area contributed by atoms with E-state index < -0.39 is 20.4 Å². The first kappa shape index (κ1) is 84.0. The van der Waals surface area contributed by atoms with Crippen LogP contribution in [0.5, 0.6) is 0 Å². The minimum atomic E-state index is -1.91. The van der Waals surface area contributed by atoms with E-state index in [0.29, 0.717) is 0 Å². The largest absolute Gasteiger partial charge is 1.00 e. The van der Waals surface area contributed by atoms with Gasteiger partial charge >= 0.3 is 0 Å². The molecular formula is C52H47Cl9N2OP2Re3-8. The van der Waals surface area contributed by atoms with Gasteiger partial charge in [0, 0.05) is 74.1 Å². The van der Waals surface area contributed by atoms with Gasteiger partial charge in [0.15, 0.2) is 0 Å². The summed E-state index contributed by atoms with van der Waals surface area (Å²) in [5.74, 6) is -0.583. The molecule has 0 aliphatic rings. The molecule has 0 bridgehead atoms. The Morgan fingerprint density at radius 3 is 0.464 bits per heavy atom. The second-order valence-electron chi connectivity index (χ2n) is 12.8. The zero-order chi connectivity index (χ0) is 40.2. The molecule has 17 heteroatoms. The van der Waals surface area contributed by atoms with Crippen molar-refractivity contribution in [2.75, 3.05) is 0 Å². The Morgan fingerprint density at radius 2 is 0.391 bits per heavy atom. The van der Waals surface area contributed by atoms with Crippen molar-refractivity contribution >= 4 is 62.9 Å². The Labute approximate surface area is 508 Å². The molecule has 8 aromatic rings. The van der Waals surface area contributed by atoms with Crippen molar-refractivity contribution in [1.29, 1.82) is 5.26 Å². The minimum absolute atomic E-state index is 0. The smallest absolute Gasteiger partial charge is 0.144 e. The van der Waals surface area contributed by atoms with Gasteiger partial charge in [-0.25, -0.2) is 0 Å². The van der Waals surface area contributed by atoms with Crippen molar-refractivity contribution in [3.63, 3.8) is 0 Å². The average molecular weight is 1660 g/mol. The number of halogens is 9. The summed E-state index contributed by atoms with van der Waals surface area (Å²) in [6.45, 7) is 2.62. The summed E-state index contributed by atoms with van der Waals surface area (Å²) in [7, 11) is -3.81. The molecule has 0 fully saturated rings. The summed E-state index contributed by atoms with van der Waals surface area (Å²) in [6, 6.07) is 89.4. The summed E-state index contributed by atoms with van der Waals surface area (Å²) in [5, 5.41) is 18.4. The Bertz CT molecular complexity index is 1940. The van der Waals surface area contributed by atoms with Gasteiger partial charge in [-0.3, -0.25) is 0 Å². The fourth-order valence-corrected chi connectivity index (χ4v) is 15.5. The van der Waals surface area contributed by atoms with Crippen molar-refractivity contribution in [1.82, 2.24) is 0 Å². The fraction of sp³-hybridized carbons (Fsp3) is 0.0385. The van der Waals surface area contributed by atoms with Gasteiger partial charge in [-0.05, 0) is 104 Å². The van der Waals surface area contributed by atoms with E-state index in [1.807, 2.05) is 0 Å². The second kappa shape index (κ2) is 46.0. The van der Waals surface area contributed by atoms with Gasteiger partial charge in [-0.15, -0.1) is 0 Å². The SMILES string of the molecule is CC#N.CC([NH-])=O.[Cl-].[Cl-].[Cl-].[Cl-].[Cl-].[Cl-].[Cl-].[Cl-].[Cl-].[Re].[Re].[Re].c1ccc([P+](c2ccccc2)(c2ccccc2)c2ccccc2)cc1.c1ccc([P+](c2ccccc2)(c2ccccc2)c2ccccc2)cc1. The molecule has 1 amide bonds. The van der Waals surface area contributed by atoms with Crippen LogP contribution >= 0.6 is 14.5 Å². The third-order valence-electron chi connectivity index (χ3n) is 9.15. The third kappa shape index (κ3) is 22.5. The summed E-state index contributed by atoms with van der Waals surface area (Å²) in [5.41, 5.74) is 5.94. The number of nitrogens with zero attached hydrogens (tertiary/aromatic N) is 1. The Hall–Kier alpha value is -1.82. The normalized spacial score (nSPS) is 8.59. The maximum atomic E-state index is 9.11. The Balaban J connectivity index is -0.000000137. The van der Waals surface area contributed by atoms with Gasteiger partial charge in [0.05, 0.1) is 6.07 Å². The number of nitrogens with one attached hydrogen (secondary N) is 1. The van der Waals surface area contributed by atoms with Crippen LogP contribution < -0.4 is 154 Å². The molecule has 0 atom stereocenters. The first-order valence-electron chi connectivity index (χ1n) is 18.8. The zero-order valence-corrected chi connectivity index (χ0v) is 53.6. The summed E-state index contributed by atoms with van der Waals surface area (Å²) >= 11 is 0. The van der Waals surface area contributed by atoms with E-state index >= 15 is 0 Å². The van der Waals surface area contributed by atoms with Crippen LogP contribution in [0, 0.1) is 11.3 Å². The number of rotatable bonds is 8. The first-order chi connectivity index (χ1) is 28.0. The van der Waals surface area contributed by atoms with Gasteiger partial charge in [0.25, 0.3) is 0 Å². The molecule has 0 saturated heterocycles. The molecule has 69 heavy (non-hydrogen) atoms. The Kier molecular flexibility index (Phi) is 56.0. The van der Waals surface area contributed by atoms with Gasteiger partial charge in [-0.1, -0.05) is 146 Å². The van der Waals surface area contributed by atoms with E-state index in [1.54, 1.807) is 6.07 Å². The predicted molar refractivity (Wildman–Crippen MR) is 249 cm³/mol. The van der Waals surface area contributed by atoms with Crippen LogP contribution in [0.2, 0.25) is 0 Å². The number of carbonyl (C=O) groups is 1. The number of hydrogen-bond donors (Lipinski definition) is 0. The molecule has 0 aliphatic heterocycles. The molecule has 0 heterocycles. The van der Waals surface area contributed by atoms with Crippen LogP contribution in [0.1, 0.15) is 13.8 Å². The number of nitriles is 1. The van der Waals surface area contributed by atoms with E-state index in [-0.39, 0.29) is 173 Å². The summed E-state index contributed by atoms with van der Waals surface area (Å²) in [6.07, 6.45) is 0. The van der Waals surface area contributed by atoms with E-state index in [2.05, 4.69) is 243 Å². The van der Waals surface area contributed by atoms with Crippen molar-refractivity contribution in [3.05, 3.63) is 248 Å².